The van der Waals surface area contributed by atoms with E-state index >= 15 is 0 Å². The second kappa shape index (κ2) is 7.75. The first-order valence-corrected chi connectivity index (χ1v) is 9.71. The van der Waals surface area contributed by atoms with Crippen LogP contribution >= 0.6 is 11.8 Å². The maximum atomic E-state index is 12.4. The van der Waals surface area contributed by atoms with Gasteiger partial charge in [-0.25, -0.2) is 9.97 Å². The average Bonchev–Trinajstić information content (AvgIpc) is 3.50. The lowest BCUT2D eigenvalue weighted by molar-refractivity contribution is -0.113. The second-order valence-electron chi connectivity index (χ2n) is 6.33. The van der Waals surface area contributed by atoms with E-state index in [2.05, 4.69) is 20.6 Å². The lowest BCUT2D eigenvalue weighted by Gasteiger charge is -2.11. The Hall–Kier alpha value is -2.93. The van der Waals surface area contributed by atoms with Crippen molar-refractivity contribution in [3.05, 3.63) is 60.4 Å². The van der Waals surface area contributed by atoms with Gasteiger partial charge in [-0.3, -0.25) is 9.59 Å². The van der Waals surface area contributed by atoms with Gasteiger partial charge in [0.15, 0.2) is 0 Å². The van der Waals surface area contributed by atoms with Crippen molar-refractivity contribution in [1.29, 1.82) is 0 Å². The minimum Gasteiger partial charge on any atom is -0.349 e. The first-order valence-electron chi connectivity index (χ1n) is 8.73. The molecule has 7 heteroatoms. The van der Waals surface area contributed by atoms with Crippen molar-refractivity contribution in [1.82, 2.24) is 15.3 Å². The average molecular weight is 378 g/mol. The lowest BCUT2D eigenvalue weighted by Crippen LogP contribution is -2.27. The quantitative estimate of drug-likeness (QED) is 0.508. The molecule has 1 fully saturated rings. The van der Waals surface area contributed by atoms with Gasteiger partial charge in [-0.1, -0.05) is 42.1 Å². The summed E-state index contributed by atoms with van der Waals surface area (Å²) < 4.78 is 0. The zero-order valence-corrected chi connectivity index (χ0v) is 15.3. The van der Waals surface area contributed by atoms with Crippen molar-refractivity contribution in [2.75, 3.05) is 11.1 Å². The number of aromatic nitrogens is 2. The fourth-order valence-electron chi connectivity index (χ4n) is 2.70. The highest BCUT2D eigenvalue weighted by atomic mass is 32.2. The highest BCUT2D eigenvalue weighted by Gasteiger charge is 2.25. The molecule has 3 aromatic rings. The number of nitrogens with zero attached hydrogens (tertiary/aromatic N) is 2. The maximum Gasteiger partial charge on any atom is 0.253 e. The molecule has 6 nitrogen and oxygen atoms in total. The van der Waals surface area contributed by atoms with Gasteiger partial charge >= 0.3 is 0 Å². The van der Waals surface area contributed by atoms with Gasteiger partial charge in [-0.15, -0.1) is 0 Å². The van der Waals surface area contributed by atoms with Crippen LogP contribution in [0.2, 0.25) is 0 Å². The summed E-state index contributed by atoms with van der Waals surface area (Å²) in [5.41, 5.74) is 1.85. The van der Waals surface area contributed by atoms with Gasteiger partial charge in [0.1, 0.15) is 11.4 Å². The van der Waals surface area contributed by atoms with Gasteiger partial charge in [-0.05, 0) is 31.0 Å². The number of carbonyl (C=O) groups is 2. The summed E-state index contributed by atoms with van der Waals surface area (Å²) in [7, 11) is 0. The summed E-state index contributed by atoms with van der Waals surface area (Å²) in [5.74, 6) is -0.142. The Morgan fingerprint density at radius 1 is 1.04 bits per heavy atom. The number of nitrogens with one attached hydrogen (secondary N) is 2. The zero-order chi connectivity index (χ0) is 18.6. The van der Waals surface area contributed by atoms with Crippen LogP contribution in [0.15, 0.2) is 59.9 Å². The van der Waals surface area contributed by atoms with Crippen molar-refractivity contribution in [2.24, 2.45) is 0 Å². The summed E-state index contributed by atoms with van der Waals surface area (Å²) in [6.45, 7) is 0. The van der Waals surface area contributed by atoms with Crippen LogP contribution in [0, 0.1) is 0 Å². The molecule has 2 amide bonds. The molecule has 1 aliphatic carbocycles. The Morgan fingerprint density at radius 2 is 1.81 bits per heavy atom. The van der Waals surface area contributed by atoms with Crippen LogP contribution in [0.3, 0.4) is 0 Å². The van der Waals surface area contributed by atoms with E-state index in [0.29, 0.717) is 11.3 Å². The number of amides is 2. The van der Waals surface area contributed by atoms with E-state index in [1.54, 1.807) is 24.3 Å². The molecule has 1 saturated carbocycles. The molecule has 0 spiro atoms. The molecule has 0 saturated heterocycles. The van der Waals surface area contributed by atoms with Crippen molar-refractivity contribution in [3.8, 4) is 0 Å². The highest BCUT2D eigenvalue weighted by molar-refractivity contribution is 8.00. The SMILES string of the molecule is O=C(CSc1ncnc2ccccc12)Nc1ccccc1C(=O)NC1CC1. The van der Waals surface area contributed by atoms with Crippen LogP contribution in [-0.2, 0) is 4.79 Å². The Labute approximate surface area is 160 Å². The summed E-state index contributed by atoms with van der Waals surface area (Å²) >= 11 is 1.35. The molecule has 0 atom stereocenters. The van der Waals surface area contributed by atoms with Gasteiger partial charge in [0, 0.05) is 11.4 Å². The third-order valence-corrected chi connectivity index (χ3v) is 5.21. The van der Waals surface area contributed by atoms with E-state index in [1.165, 1.54) is 18.1 Å². The van der Waals surface area contributed by atoms with Crippen LogP contribution in [0.5, 0.6) is 0 Å². The van der Waals surface area contributed by atoms with Crippen molar-refractivity contribution in [2.45, 2.75) is 23.9 Å². The van der Waals surface area contributed by atoms with E-state index in [-0.39, 0.29) is 23.6 Å². The number of carbonyl (C=O) groups excluding carboxylic acids is 2. The monoisotopic (exact) mass is 378 g/mol. The summed E-state index contributed by atoms with van der Waals surface area (Å²) in [4.78, 5) is 33.3. The molecule has 1 aromatic heterocycles. The second-order valence-corrected chi connectivity index (χ2v) is 7.29. The number of fused-ring (bicyclic) bond motifs is 1. The van der Waals surface area contributed by atoms with Crippen molar-refractivity contribution in [3.63, 3.8) is 0 Å². The first kappa shape index (κ1) is 17.5. The first-order chi connectivity index (χ1) is 13.2. The van der Waals surface area contributed by atoms with E-state index < -0.39 is 0 Å². The lowest BCUT2D eigenvalue weighted by atomic mass is 10.1. The number of para-hydroxylation sites is 2. The Balaban J connectivity index is 1.43. The summed E-state index contributed by atoms with van der Waals surface area (Å²) in [6.07, 6.45) is 3.54. The van der Waals surface area contributed by atoms with Crippen molar-refractivity contribution < 1.29 is 9.59 Å². The molecule has 2 N–H and O–H groups in total. The van der Waals surface area contributed by atoms with Crippen molar-refractivity contribution >= 4 is 40.2 Å². The van der Waals surface area contributed by atoms with E-state index in [1.807, 2.05) is 24.3 Å². The Bertz CT molecular complexity index is 999. The normalized spacial score (nSPS) is 13.3. The fourth-order valence-corrected chi connectivity index (χ4v) is 3.49. The van der Waals surface area contributed by atoms with Gasteiger partial charge in [0.2, 0.25) is 5.91 Å². The van der Waals surface area contributed by atoms with Crippen LogP contribution < -0.4 is 10.6 Å². The molecule has 0 aliphatic heterocycles. The molecule has 0 unspecified atom stereocenters. The number of hydrogen-bond acceptors (Lipinski definition) is 5. The number of rotatable bonds is 6. The van der Waals surface area contributed by atoms with E-state index in [9.17, 15) is 9.59 Å². The molecule has 2 aromatic carbocycles. The van der Waals surface area contributed by atoms with Crippen LogP contribution in [0.25, 0.3) is 10.9 Å². The molecule has 27 heavy (non-hydrogen) atoms. The fraction of sp³-hybridized carbons (Fsp3) is 0.200. The number of anilines is 1. The highest BCUT2D eigenvalue weighted by Crippen LogP contribution is 2.25. The Morgan fingerprint density at radius 3 is 2.67 bits per heavy atom. The molecule has 136 valence electrons. The third-order valence-electron chi connectivity index (χ3n) is 4.20. The minimum absolute atomic E-state index is 0.150. The minimum atomic E-state index is -0.186. The smallest absolute Gasteiger partial charge is 0.253 e. The molecule has 0 bridgehead atoms. The summed E-state index contributed by atoms with van der Waals surface area (Å²) in [5, 5.41) is 7.47. The van der Waals surface area contributed by atoms with Crippen LogP contribution in [0.4, 0.5) is 5.69 Å². The third kappa shape index (κ3) is 4.25. The van der Waals surface area contributed by atoms with E-state index in [4.69, 9.17) is 0 Å². The largest absolute Gasteiger partial charge is 0.349 e. The molecular formula is C20H18N4O2S. The molecule has 1 heterocycles. The number of thioether (sulfide) groups is 1. The predicted molar refractivity (Wildman–Crippen MR) is 106 cm³/mol. The topological polar surface area (TPSA) is 84.0 Å². The molecule has 1 aliphatic rings. The van der Waals surface area contributed by atoms with Crippen LogP contribution in [-0.4, -0.2) is 33.6 Å². The molecular weight excluding hydrogens is 360 g/mol. The number of benzene rings is 2. The van der Waals surface area contributed by atoms with Gasteiger partial charge in [0.25, 0.3) is 5.91 Å². The predicted octanol–water partition coefficient (Wildman–Crippen LogP) is 3.25. The molecule has 4 rings (SSSR count). The van der Waals surface area contributed by atoms with Gasteiger partial charge in [0.05, 0.1) is 22.5 Å². The van der Waals surface area contributed by atoms with Crippen LogP contribution in [0.1, 0.15) is 23.2 Å². The standard InChI is InChI=1S/C20H18N4O2S/c25-18(11-27-20-15-6-2-3-7-16(15)21-12-22-20)24-17-8-4-1-5-14(17)19(26)23-13-9-10-13/h1-8,12-13H,9-11H2,(H,23,26)(H,24,25). The summed E-state index contributed by atoms with van der Waals surface area (Å²) in [6, 6.07) is 15.0. The number of hydrogen-bond donors (Lipinski definition) is 2. The van der Waals surface area contributed by atoms with Gasteiger partial charge in [-0.2, -0.15) is 0 Å². The zero-order valence-electron chi connectivity index (χ0n) is 14.5. The molecule has 0 radical (unpaired) electrons. The Kier molecular flexibility index (Phi) is 5.02. The van der Waals surface area contributed by atoms with Gasteiger partial charge < -0.3 is 10.6 Å². The van der Waals surface area contributed by atoms with E-state index in [0.717, 1.165) is 28.8 Å². The maximum absolute atomic E-state index is 12.4.